The molecule has 24 heavy (non-hydrogen) atoms. The van der Waals surface area contributed by atoms with Crippen LogP contribution in [0.5, 0.6) is 5.75 Å². The zero-order chi connectivity index (χ0) is 17.7. The summed E-state index contributed by atoms with van der Waals surface area (Å²) in [5.41, 5.74) is 0.828. The number of methoxy groups -OCH3 is 1. The number of para-hydroxylation sites is 2. The summed E-state index contributed by atoms with van der Waals surface area (Å²) in [5, 5.41) is 2.48. The normalized spacial score (nSPS) is 10.2. The second-order valence-electron chi connectivity index (χ2n) is 4.95. The van der Waals surface area contributed by atoms with Crippen LogP contribution in [0.1, 0.15) is 6.92 Å². The minimum atomic E-state index is -0.575. The molecule has 2 rings (SSSR count). The lowest BCUT2D eigenvalue weighted by Gasteiger charge is -2.22. The molecular weight excluding hydrogens is 335 g/mol. The van der Waals surface area contributed by atoms with Crippen molar-refractivity contribution in [1.29, 1.82) is 0 Å². The van der Waals surface area contributed by atoms with Crippen molar-refractivity contribution >= 4 is 34.8 Å². The highest BCUT2D eigenvalue weighted by Gasteiger charge is 2.19. The van der Waals surface area contributed by atoms with Crippen LogP contribution in [0.15, 0.2) is 42.5 Å². The average Bonchev–Trinajstić information content (AvgIpc) is 2.56. The summed E-state index contributed by atoms with van der Waals surface area (Å²) in [6, 6.07) is 10.7. The van der Waals surface area contributed by atoms with E-state index >= 15 is 0 Å². The summed E-state index contributed by atoms with van der Waals surface area (Å²) in [6.45, 7) is 1.14. The van der Waals surface area contributed by atoms with Gasteiger partial charge < -0.3 is 10.1 Å². The lowest BCUT2D eigenvalue weighted by Crippen LogP contribution is -2.36. The second-order valence-corrected chi connectivity index (χ2v) is 5.36. The van der Waals surface area contributed by atoms with E-state index in [0.29, 0.717) is 17.1 Å². The fraction of sp³-hybridized carbons (Fsp3) is 0.176. The van der Waals surface area contributed by atoms with Crippen LogP contribution in [-0.2, 0) is 9.59 Å². The molecule has 0 saturated carbocycles. The van der Waals surface area contributed by atoms with E-state index in [9.17, 15) is 14.0 Å². The second kappa shape index (κ2) is 7.79. The molecule has 0 heterocycles. The van der Waals surface area contributed by atoms with Crippen LogP contribution in [0.2, 0.25) is 5.02 Å². The zero-order valence-electron chi connectivity index (χ0n) is 13.2. The molecule has 1 N–H and O–H groups in total. The predicted octanol–water partition coefficient (Wildman–Crippen LogP) is 3.48. The maximum atomic E-state index is 13.1. The number of benzene rings is 2. The first-order valence-corrected chi connectivity index (χ1v) is 7.46. The Morgan fingerprint density at radius 2 is 1.96 bits per heavy atom. The Balaban J connectivity index is 2.17. The minimum Gasteiger partial charge on any atom is -0.495 e. The molecular formula is C17H16ClFN2O3. The van der Waals surface area contributed by atoms with Gasteiger partial charge in [-0.1, -0.05) is 23.7 Å². The Morgan fingerprint density at radius 3 is 2.58 bits per heavy atom. The first kappa shape index (κ1) is 17.7. The number of carbonyl (C=O) groups is 2. The van der Waals surface area contributed by atoms with Crippen LogP contribution in [-0.4, -0.2) is 25.5 Å². The van der Waals surface area contributed by atoms with Gasteiger partial charge in [-0.15, -0.1) is 0 Å². The van der Waals surface area contributed by atoms with Crippen LogP contribution in [0.4, 0.5) is 15.8 Å². The van der Waals surface area contributed by atoms with E-state index < -0.39 is 11.7 Å². The summed E-state index contributed by atoms with van der Waals surface area (Å²) in [6.07, 6.45) is 0. The highest BCUT2D eigenvalue weighted by molar-refractivity contribution is 6.31. The fourth-order valence-corrected chi connectivity index (χ4v) is 2.32. The number of anilines is 2. The van der Waals surface area contributed by atoms with Gasteiger partial charge in [0, 0.05) is 12.6 Å². The third-order valence-corrected chi connectivity index (χ3v) is 3.55. The topological polar surface area (TPSA) is 58.6 Å². The number of halogens is 2. The van der Waals surface area contributed by atoms with Crippen molar-refractivity contribution < 1.29 is 18.7 Å². The molecule has 0 unspecified atom stereocenters. The van der Waals surface area contributed by atoms with Gasteiger partial charge in [0.25, 0.3) is 0 Å². The minimum absolute atomic E-state index is 0.0963. The molecule has 0 aromatic heterocycles. The van der Waals surface area contributed by atoms with Crippen LogP contribution in [0.3, 0.4) is 0 Å². The van der Waals surface area contributed by atoms with Crippen LogP contribution in [0.25, 0.3) is 0 Å². The van der Waals surface area contributed by atoms with Gasteiger partial charge in [-0.05, 0) is 30.3 Å². The van der Waals surface area contributed by atoms with Crippen molar-refractivity contribution in [2.45, 2.75) is 6.92 Å². The molecule has 5 nitrogen and oxygen atoms in total. The smallest absolute Gasteiger partial charge is 0.244 e. The number of carbonyl (C=O) groups excluding carboxylic acids is 2. The molecule has 0 saturated heterocycles. The third-order valence-electron chi connectivity index (χ3n) is 3.26. The Hall–Kier alpha value is -2.60. The molecule has 7 heteroatoms. The number of nitrogens with zero attached hydrogens (tertiary/aromatic N) is 1. The summed E-state index contributed by atoms with van der Waals surface area (Å²) in [5.74, 6) is -0.857. The van der Waals surface area contributed by atoms with Gasteiger partial charge in [0.05, 0.1) is 17.8 Å². The largest absolute Gasteiger partial charge is 0.495 e. The van der Waals surface area contributed by atoms with E-state index in [-0.39, 0.29) is 17.5 Å². The maximum Gasteiger partial charge on any atom is 0.244 e. The van der Waals surface area contributed by atoms with Gasteiger partial charge in [0.15, 0.2) is 0 Å². The summed E-state index contributed by atoms with van der Waals surface area (Å²) in [4.78, 5) is 25.4. The standard InChI is InChI=1S/C17H16ClFN2O3/c1-11(22)21(15-5-3-4-6-16(15)24-2)10-17(23)20-12-7-8-14(19)13(18)9-12/h3-9H,10H2,1-2H3,(H,20,23). The molecule has 0 spiro atoms. The number of ether oxygens (including phenoxy) is 1. The molecule has 126 valence electrons. The first-order valence-electron chi connectivity index (χ1n) is 7.08. The number of nitrogens with one attached hydrogen (secondary N) is 1. The number of hydrogen-bond acceptors (Lipinski definition) is 3. The maximum absolute atomic E-state index is 13.1. The highest BCUT2D eigenvalue weighted by atomic mass is 35.5. The average molecular weight is 351 g/mol. The number of rotatable bonds is 5. The van der Waals surface area contributed by atoms with E-state index in [4.69, 9.17) is 16.3 Å². The first-order chi connectivity index (χ1) is 11.4. The molecule has 0 bridgehead atoms. The Bertz CT molecular complexity index is 767. The molecule has 0 radical (unpaired) electrons. The molecule has 2 aromatic rings. The van der Waals surface area contributed by atoms with Crippen LogP contribution < -0.4 is 15.0 Å². The van der Waals surface area contributed by atoms with E-state index in [0.717, 1.165) is 6.07 Å². The van der Waals surface area contributed by atoms with Crippen LogP contribution in [0, 0.1) is 5.82 Å². The monoisotopic (exact) mass is 350 g/mol. The van der Waals surface area contributed by atoms with Gasteiger partial charge in [-0.25, -0.2) is 4.39 Å². The molecule has 0 fully saturated rings. The number of hydrogen-bond donors (Lipinski definition) is 1. The van der Waals surface area contributed by atoms with Crippen molar-refractivity contribution in [2.24, 2.45) is 0 Å². The van der Waals surface area contributed by atoms with E-state index in [1.165, 1.54) is 31.1 Å². The highest BCUT2D eigenvalue weighted by Crippen LogP contribution is 2.27. The van der Waals surface area contributed by atoms with Crippen molar-refractivity contribution in [2.75, 3.05) is 23.9 Å². The lowest BCUT2D eigenvalue weighted by atomic mass is 10.2. The quantitative estimate of drug-likeness (QED) is 0.898. The molecule has 2 aromatic carbocycles. The summed E-state index contributed by atoms with van der Waals surface area (Å²) < 4.78 is 18.4. The van der Waals surface area contributed by atoms with Gasteiger partial charge in [0.2, 0.25) is 11.8 Å². The van der Waals surface area contributed by atoms with Crippen LogP contribution >= 0.6 is 11.6 Å². The Kier molecular flexibility index (Phi) is 5.76. The molecule has 0 aliphatic carbocycles. The summed E-state index contributed by atoms with van der Waals surface area (Å²) >= 11 is 5.68. The third kappa shape index (κ3) is 4.23. The van der Waals surface area contributed by atoms with Gasteiger partial charge in [-0.2, -0.15) is 0 Å². The molecule has 0 aliphatic rings. The SMILES string of the molecule is COc1ccccc1N(CC(=O)Nc1ccc(F)c(Cl)c1)C(C)=O. The molecule has 0 atom stereocenters. The molecule has 2 amide bonds. The van der Waals surface area contributed by atoms with Crippen molar-refractivity contribution in [3.63, 3.8) is 0 Å². The van der Waals surface area contributed by atoms with E-state index in [1.807, 2.05) is 0 Å². The number of amides is 2. The van der Waals surface area contributed by atoms with Crippen molar-refractivity contribution in [1.82, 2.24) is 0 Å². The predicted molar refractivity (Wildman–Crippen MR) is 91.1 cm³/mol. The van der Waals surface area contributed by atoms with Gasteiger partial charge >= 0.3 is 0 Å². The summed E-state index contributed by atoms with van der Waals surface area (Å²) in [7, 11) is 1.48. The van der Waals surface area contributed by atoms with Crippen molar-refractivity contribution in [3.8, 4) is 5.75 Å². The van der Waals surface area contributed by atoms with Gasteiger partial charge in [0.1, 0.15) is 18.1 Å². The van der Waals surface area contributed by atoms with Gasteiger partial charge in [-0.3, -0.25) is 14.5 Å². The molecule has 0 aliphatic heterocycles. The van der Waals surface area contributed by atoms with E-state index in [2.05, 4.69) is 5.32 Å². The Labute approximate surface area is 144 Å². The zero-order valence-corrected chi connectivity index (χ0v) is 13.9. The van der Waals surface area contributed by atoms with Crippen molar-refractivity contribution in [3.05, 3.63) is 53.3 Å². The Morgan fingerprint density at radius 1 is 1.25 bits per heavy atom. The fourth-order valence-electron chi connectivity index (χ4n) is 2.14. The van der Waals surface area contributed by atoms with E-state index in [1.54, 1.807) is 24.3 Å². The lowest BCUT2D eigenvalue weighted by molar-refractivity contribution is -0.120.